The molecule has 10 heteroatoms. The van der Waals surface area contributed by atoms with Gasteiger partial charge in [-0.25, -0.2) is 0 Å². The average molecular weight is 362 g/mol. The predicted octanol–water partition coefficient (Wildman–Crippen LogP) is 0.860. The van der Waals surface area contributed by atoms with Crippen LogP contribution in [0.2, 0.25) is 0 Å². The second-order valence-corrected chi connectivity index (χ2v) is 5.51. The molecule has 0 aliphatic rings. The number of nitrogens with zero attached hydrogens (tertiary/aromatic N) is 3. The number of carboxylic acid groups (broad SMARTS) is 1. The second kappa shape index (κ2) is 8.60. The van der Waals surface area contributed by atoms with E-state index in [0.717, 1.165) is 22.6 Å². The molecular formula is C16H18N4O6. The molecule has 26 heavy (non-hydrogen) atoms. The third-order valence-corrected chi connectivity index (χ3v) is 3.69. The Labute approximate surface area is 148 Å². The highest BCUT2D eigenvalue weighted by Gasteiger charge is 2.21. The first-order chi connectivity index (χ1) is 12.4. The van der Waals surface area contributed by atoms with Gasteiger partial charge in [-0.05, 0) is 18.1 Å². The van der Waals surface area contributed by atoms with Gasteiger partial charge in [0, 0.05) is 6.54 Å². The van der Waals surface area contributed by atoms with E-state index >= 15 is 0 Å². The number of para-hydroxylation sites is 1. The highest BCUT2D eigenvalue weighted by molar-refractivity contribution is 5.77. The number of hydrogen-bond acceptors (Lipinski definition) is 6. The Hall–Kier alpha value is -3.43. The summed E-state index contributed by atoms with van der Waals surface area (Å²) in [6, 6.07) is 7.06. The molecule has 0 bridgehead atoms. The fraction of sp³-hybridized carbons (Fsp3) is 0.312. The van der Waals surface area contributed by atoms with Gasteiger partial charge in [0.05, 0.1) is 18.0 Å². The molecule has 2 aromatic rings. The minimum absolute atomic E-state index is 0.0877. The molecule has 0 aliphatic carbocycles. The molecule has 1 aromatic carbocycles. The molecule has 0 aliphatic heterocycles. The topological polar surface area (TPSA) is 137 Å². The van der Waals surface area contributed by atoms with Gasteiger partial charge in [0.25, 0.3) is 0 Å². The molecule has 1 atom stereocenters. The smallest absolute Gasteiger partial charge is 0.308 e. The summed E-state index contributed by atoms with van der Waals surface area (Å²) in [4.78, 5) is 33.4. The number of methoxy groups -OCH3 is 1. The Bertz CT molecular complexity index is 804. The van der Waals surface area contributed by atoms with Crippen LogP contribution in [0.1, 0.15) is 5.56 Å². The highest BCUT2D eigenvalue weighted by atomic mass is 16.6. The summed E-state index contributed by atoms with van der Waals surface area (Å²) in [5.41, 5.74) is 0.497. The molecule has 1 unspecified atom stereocenters. The van der Waals surface area contributed by atoms with E-state index in [4.69, 9.17) is 4.74 Å². The van der Waals surface area contributed by atoms with Gasteiger partial charge in [0.15, 0.2) is 0 Å². The molecule has 0 radical (unpaired) electrons. The molecular weight excluding hydrogens is 344 g/mol. The predicted molar refractivity (Wildman–Crippen MR) is 89.7 cm³/mol. The second-order valence-electron chi connectivity index (χ2n) is 5.51. The monoisotopic (exact) mass is 362 g/mol. The first kappa shape index (κ1) is 18.9. The number of aromatic nitrogens is 2. The van der Waals surface area contributed by atoms with Crippen molar-refractivity contribution in [2.45, 2.75) is 13.0 Å². The lowest BCUT2D eigenvalue weighted by molar-refractivity contribution is -0.385. The zero-order valence-electron chi connectivity index (χ0n) is 14.0. The van der Waals surface area contributed by atoms with Gasteiger partial charge >= 0.3 is 11.7 Å². The van der Waals surface area contributed by atoms with Gasteiger partial charge in [0.1, 0.15) is 24.7 Å². The number of benzene rings is 1. The van der Waals surface area contributed by atoms with Crippen LogP contribution in [0.15, 0.2) is 36.7 Å². The quantitative estimate of drug-likeness (QED) is 0.498. The van der Waals surface area contributed by atoms with Gasteiger partial charge in [-0.15, -0.1) is 0 Å². The number of nitro groups is 1. The molecule has 0 fully saturated rings. The van der Waals surface area contributed by atoms with Crippen LogP contribution in [0.4, 0.5) is 5.69 Å². The minimum atomic E-state index is -1.05. The van der Waals surface area contributed by atoms with Gasteiger partial charge < -0.3 is 15.2 Å². The highest BCUT2D eigenvalue weighted by Crippen LogP contribution is 2.21. The van der Waals surface area contributed by atoms with Crippen LogP contribution < -0.4 is 10.1 Å². The summed E-state index contributed by atoms with van der Waals surface area (Å²) < 4.78 is 6.32. The summed E-state index contributed by atoms with van der Waals surface area (Å²) in [5.74, 6) is -1.81. The number of carbonyl (C=O) groups is 2. The van der Waals surface area contributed by atoms with E-state index in [0.29, 0.717) is 5.75 Å². The van der Waals surface area contributed by atoms with Crippen molar-refractivity contribution in [2.24, 2.45) is 5.92 Å². The van der Waals surface area contributed by atoms with E-state index in [1.165, 1.54) is 7.11 Å². The maximum atomic E-state index is 11.9. The van der Waals surface area contributed by atoms with Crippen molar-refractivity contribution < 1.29 is 24.4 Å². The van der Waals surface area contributed by atoms with Gasteiger partial charge in [-0.2, -0.15) is 5.10 Å². The first-order valence-electron chi connectivity index (χ1n) is 7.69. The van der Waals surface area contributed by atoms with Crippen molar-refractivity contribution in [3.63, 3.8) is 0 Å². The Morgan fingerprint density at radius 1 is 1.42 bits per heavy atom. The fourth-order valence-corrected chi connectivity index (χ4v) is 2.36. The molecule has 138 valence electrons. The van der Waals surface area contributed by atoms with E-state index in [2.05, 4.69) is 10.4 Å². The van der Waals surface area contributed by atoms with Gasteiger partial charge in [-0.3, -0.25) is 24.4 Å². The van der Waals surface area contributed by atoms with Gasteiger partial charge in [-0.1, -0.05) is 18.2 Å². The van der Waals surface area contributed by atoms with Crippen molar-refractivity contribution in [3.05, 3.63) is 52.3 Å². The largest absolute Gasteiger partial charge is 0.496 e. The van der Waals surface area contributed by atoms with Gasteiger partial charge in [0.2, 0.25) is 5.91 Å². The zero-order valence-corrected chi connectivity index (χ0v) is 14.0. The number of rotatable bonds is 9. The van der Waals surface area contributed by atoms with E-state index in [-0.39, 0.29) is 25.2 Å². The first-order valence-corrected chi connectivity index (χ1v) is 7.69. The number of amides is 1. The number of ether oxygens (including phenoxy) is 1. The Morgan fingerprint density at radius 3 is 2.77 bits per heavy atom. The van der Waals surface area contributed by atoms with Crippen LogP contribution in [0.25, 0.3) is 0 Å². The maximum Gasteiger partial charge on any atom is 0.308 e. The third-order valence-electron chi connectivity index (χ3n) is 3.69. The summed E-state index contributed by atoms with van der Waals surface area (Å²) in [6.45, 7) is -0.329. The standard InChI is InChI=1S/C16H18N4O6/c1-26-14-5-3-2-4-11(14)6-12(16(22)23)7-17-15(21)10-19-9-13(8-18-19)20(24)25/h2-5,8-9,12H,6-7,10H2,1H3,(H,17,21)(H,22,23). The van der Waals surface area contributed by atoms with Crippen LogP contribution in [0.5, 0.6) is 5.75 Å². The number of carboxylic acids is 1. The normalized spacial score (nSPS) is 11.6. The minimum Gasteiger partial charge on any atom is -0.496 e. The fourth-order valence-electron chi connectivity index (χ4n) is 2.36. The van der Waals surface area contributed by atoms with Crippen LogP contribution in [0.3, 0.4) is 0 Å². The molecule has 10 nitrogen and oxygen atoms in total. The molecule has 1 aromatic heterocycles. The van der Waals surface area contributed by atoms with Crippen molar-refractivity contribution in [3.8, 4) is 5.75 Å². The molecule has 0 saturated carbocycles. The molecule has 0 spiro atoms. The van der Waals surface area contributed by atoms with Crippen molar-refractivity contribution in [1.82, 2.24) is 15.1 Å². The molecule has 0 saturated heterocycles. The van der Waals surface area contributed by atoms with Crippen LogP contribution >= 0.6 is 0 Å². The maximum absolute atomic E-state index is 11.9. The van der Waals surface area contributed by atoms with Crippen molar-refractivity contribution >= 4 is 17.6 Å². The molecule has 2 rings (SSSR count). The Kier molecular flexibility index (Phi) is 6.25. The van der Waals surface area contributed by atoms with E-state index in [1.54, 1.807) is 24.3 Å². The lowest BCUT2D eigenvalue weighted by Crippen LogP contribution is -2.36. The van der Waals surface area contributed by atoms with Crippen LogP contribution in [-0.2, 0) is 22.6 Å². The van der Waals surface area contributed by atoms with E-state index in [9.17, 15) is 24.8 Å². The number of aliphatic carboxylic acids is 1. The number of hydrogen-bond donors (Lipinski definition) is 2. The SMILES string of the molecule is COc1ccccc1CC(CNC(=O)Cn1cc([N+](=O)[O-])cn1)C(=O)O. The Balaban J connectivity index is 1.94. The van der Waals surface area contributed by atoms with Crippen LogP contribution in [-0.4, -0.2) is 45.3 Å². The van der Waals surface area contributed by atoms with Crippen LogP contribution in [0, 0.1) is 16.0 Å². The number of nitrogens with one attached hydrogen (secondary N) is 1. The molecule has 1 amide bonds. The molecule has 2 N–H and O–H groups in total. The molecule has 1 heterocycles. The van der Waals surface area contributed by atoms with Crippen molar-refractivity contribution in [1.29, 1.82) is 0 Å². The lowest BCUT2D eigenvalue weighted by Gasteiger charge is -2.15. The van der Waals surface area contributed by atoms with E-state index < -0.39 is 22.7 Å². The number of carbonyl (C=O) groups excluding carboxylic acids is 1. The van der Waals surface area contributed by atoms with Crippen molar-refractivity contribution in [2.75, 3.05) is 13.7 Å². The summed E-state index contributed by atoms with van der Waals surface area (Å²) in [5, 5.41) is 26.2. The van der Waals surface area contributed by atoms with E-state index in [1.807, 2.05) is 0 Å². The summed E-state index contributed by atoms with van der Waals surface area (Å²) >= 11 is 0. The lowest BCUT2D eigenvalue weighted by atomic mass is 9.98. The zero-order chi connectivity index (χ0) is 19.1. The summed E-state index contributed by atoms with van der Waals surface area (Å²) in [6.07, 6.45) is 2.35. The average Bonchev–Trinajstić information content (AvgIpc) is 3.07. The summed E-state index contributed by atoms with van der Waals surface area (Å²) in [7, 11) is 1.50. The third kappa shape index (κ3) is 5.03. The Morgan fingerprint density at radius 2 is 2.15 bits per heavy atom.